The Morgan fingerprint density at radius 3 is 2.67 bits per heavy atom. The second kappa shape index (κ2) is 14.7. The Hall–Kier alpha value is -4.88. The lowest BCUT2D eigenvalue weighted by atomic mass is 9.99. The second-order valence-electron chi connectivity index (χ2n) is 9.72. The van der Waals surface area contributed by atoms with Crippen LogP contribution in [0.1, 0.15) is 42.5 Å². The van der Waals surface area contributed by atoms with E-state index < -0.39 is 12.0 Å². The molecule has 1 aromatic heterocycles. The molecule has 1 unspecified atom stereocenters. The summed E-state index contributed by atoms with van der Waals surface area (Å²) in [4.78, 5) is 25.9. The zero-order chi connectivity index (χ0) is 29.9. The van der Waals surface area contributed by atoms with Gasteiger partial charge in [0.05, 0.1) is 12.9 Å². The number of esters is 1. The average molecular weight is 565 g/mol. The summed E-state index contributed by atoms with van der Waals surface area (Å²) in [5.41, 5.74) is 11.8. The summed E-state index contributed by atoms with van der Waals surface area (Å²) in [6.07, 6.45) is 7.48. The maximum atomic E-state index is 13.0. The number of nitrogens with one attached hydrogen (secondary N) is 1. The molecule has 0 aliphatic carbocycles. The van der Waals surface area contributed by atoms with Crippen LogP contribution in [0.3, 0.4) is 0 Å². The van der Waals surface area contributed by atoms with E-state index in [0.717, 1.165) is 38.8 Å². The van der Waals surface area contributed by atoms with Crippen molar-refractivity contribution < 1.29 is 23.5 Å². The molecule has 4 rings (SSSR count). The van der Waals surface area contributed by atoms with Gasteiger partial charge >= 0.3 is 5.97 Å². The topological polar surface area (TPSA) is 104 Å². The highest BCUT2D eigenvalue weighted by Gasteiger charge is 2.27. The van der Waals surface area contributed by atoms with Crippen molar-refractivity contribution >= 4 is 22.8 Å². The van der Waals surface area contributed by atoms with Crippen molar-refractivity contribution in [2.75, 3.05) is 6.61 Å². The van der Waals surface area contributed by atoms with Crippen LogP contribution in [-0.2, 0) is 27.5 Å². The van der Waals surface area contributed by atoms with Crippen LogP contribution < -0.4 is 15.8 Å². The molecule has 1 amide bonds. The second-order valence-corrected chi connectivity index (χ2v) is 9.72. The maximum absolute atomic E-state index is 13.0. The van der Waals surface area contributed by atoms with Gasteiger partial charge in [0.2, 0.25) is 5.91 Å². The molecule has 0 aliphatic heterocycles. The Labute approximate surface area is 246 Å². The number of allylic oxidation sites excluding steroid dienone is 4. The van der Waals surface area contributed by atoms with E-state index in [2.05, 4.69) is 24.5 Å². The number of furan rings is 1. The molecule has 42 heavy (non-hydrogen) atoms. The van der Waals surface area contributed by atoms with Gasteiger partial charge in [-0.1, -0.05) is 73.4 Å². The molecule has 1 heterocycles. The fraction of sp³-hybridized carbons (Fsp3) is 0.200. The van der Waals surface area contributed by atoms with Crippen LogP contribution in [0.15, 0.2) is 114 Å². The highest BCUT2D eigenvalue weighted by molar-refractivity contribution is 5.93. The van der Waals surface area contributed by atoms with Crippen LogP contribution >= 0.6 is 0 Å². The first kappa shape index (κ1) is 30.1. The summed E-state index contributed by atoms with van der Waals surface area (Å²) in [7, 11) is 0. The van der Waals surface area contributed by atoms with Crippen molar-refractivity contribution in [3.05, 3.63) is 127 Å². The predicted molar refractivity (Wildman–Crippen MR) is 166 cm³/mol. The summed E-state index contributed by atoms with van der Waals surface area (Å²) < 4.78 is 17.4. The molecule has 7 nitrogen and oxygen atoms in total. The van der Waals surface area contributed by atoms with E-state index in [1.54, 1.807) is 49.6 Å². The number of ether oxygens (including phenoxy) is 2. The van der Waals surface area contributed by atoms with E-state index in [1.165, 1.54) is 0 Å². The summed E-state index contributed by atoms with van der Waals surface area (Å²) in [5, 5.41) is 3.77. The third-order valence-corrected chi connectivity index (χ3v) is 6.68. The van der Waals surface area contributed by atoms with E-state index in [4.69, 9.17) is 19.6 Å². The van der Waals surface area contributed by atoms with E-state index in [9.17, 15) is 9.59 Å². The molecule has 216 valence electrons. The number of benzene rings is 3. The fourth-order valence-corrected chi connectivity index (χ4v) is 4.60. The monoisotopic (exact) mass is 564 g/mol. The molecular formula is C35H36N2O5. The van der Waals surface area contributed by atoms with E-state index in [0.29, 0.717) is 24.3 Å². The third-order valence-electron chi connectivity index (χ3n) is 6.68. The lowest BCUT2D eigenvalue weighted by Crippen LogP contribution is -2.35. The van der Waals surface area contributed by atoms with Crippen molar-refractivity contribution in [3.8, 4) is 16.9 Å². The standard InChI is InChI=1S/C35H36N2O5/c1-4-6-10-24(3)15-16-32(38)37-33(35(39)40-5-2)29-13-7-8-14-31(29)42-23-26-20-28-17-18-41-34(28)30(21-26)27-12-9-11-25(19-27)22-36/h4,6-14,17-21,33H,1,3,5,15-16,22-23,36H2,2H3,(H,37,38)/b10-6-. The maximum Gasteiger partial charge on any atom is 0.333 e. The Morgan fingerprint density at radius 2 is 1.88 bits per heavy atom. The van der Waals surface area contributed by atoms with Gasteiger partial charge in [-0.15, -0.1) is 0 Å². The number of nitrogens with two attached hydrogens (primary N) is 1. The van der Waals surface area contributed by atoms with Gasteiger partial charge in [0.25, 0.3) is 0 Å². The molecule has 0 saturated carbocycles. The van der Waals surface area contributed by atoms with Gasteiger partial charge in [-0.05, 0) is 60.4 Å². The smallest absolute Gasteiger partial charge is 0.333 e. The minimum absolute atomic E-state index is 0.165. The number of amides is 1. The molecule has 0 radical (unpaired) electrons. The fourth-order valence-electron chi connectivity index (χ4n) is 4.60. The summed E-state index contributed by atoms with van der Waals surface area (Å²) in [6.45, 7) is 10.1. The van der Waals surface area contributed by atoms with E-state index in [-0.39, 0.29) is 25.5 Å². The lowest BCUT2D eigenvalue weighted by Gasteiger charge is -2.21. The van der Waals surface area contributed by atoms with E-state index >= 15 is 0 Å². The van der Waals surface area contributed by atoms with Gasteiger partial charge in [0, 0.05) is 29.5 Å². The Kier molecular flexibility index (Phi) is 10.5. The Morgan fingerprint density at radius 1 is 1.05 bits per heavy atom. The van der Waals surface area contributed by atoms with E-state index in [1.807, 2.05) is 42.5 Å². The van der Waals surface area contributed by atoms with Gasteiger partial charge in [0.1, 0.15) is 17.9 Å². The molecular weight excluding hydrogens is 528 g/mol. The highest BCUT2D eigenvalue weighted by atomic mass is 16.5. The molecule has 0 aliphatic rings. The number of fused-ring (bicyclic) bond motifs is 1. The molecule has 0 bridgehead atoms. The molecule has 0 spiro atoms. The van der Waals surface area contributed by atoms with Gasteiger partial charge in [0.15, 0.2) is 6.04 Å². The minimum Gasteiger partial charge on any atom is -0.489 e. The normalized spacial score (nSPS) is 11.8. The SMILES string of the molecule is C=C/C=C\C(=C)CCC(=O)NC(C(=O)OCC)c1ccccc1OCc1cc(-c2cccc(CN)c2)c2occc2c1. The van der Waals surface area contributed by atoms with Crippen LogP contribution in [0.4, 0.5) is 0 Å². The molecule has 3 aromatic carbocycles. The molecule has 3 N–H and O–H groups in total. The van der Waals surface area contributed by atoms with Crippen LogP contribution in [0.25, 0.3) is 22.1 Å². The first-order valence-electron chi connectivity index (χ1n) is 13.9. The molecule has 7 heteroatoms. The van der Waals surface area contributed by atoms with Crippen molar-refractivity contribution in [2.24, 2.45) is 5.73 Å². The average Bonchev–Trinajstić information content (AvgIpc) is 3.49. The quantitative estimate of drug-likeness (QED) is 0.127. The number of para-hydroxylation sites is 1. The van der Waals surface area contributed by atoms with Gasteiger partial charge in [-0.25, -0.2) is 4.79 Å². The molecule has 4 aromatic rings. The largest absolute Gasteiger partial charge is 0.489 e. The summed E-state index contributed by atoms with van der Waals surface area (Å²) >= 11 is 0. The Balaban J connectivity index is 1.57. The number of hydrogen-bond donors (Lipinski definition) is 2. The van der Waals surface area contributed by atoms with Crippen LogP contribution in [0, 0.1) is 0 Å². The molecule has 0 fully saturated rings. The molecule has 0 saturated heterocycles. The van der Waals surface area contributed by atoms with Gasteiger partial charge in [-0.3, -0.25) is 4.79 Å². The number of rotatable bonds is 14. The van der Waals surface area contributed by atoms with Crippen LogP contribution in [0.5, 0.6) is 5.75 Å². The van der Waals surface area contributed by atoms with Gasteiger partial charge in [-0.2, -0.15) is 0 Å². The van der Waals surface area contributed by atoms with Crippen LogP contribution in [0.2, 0.25) is 0 Å². The highest BCUT2D eigenvalue weighted by Crippen LogP contribution is 2.33. The number of hydrogen-bond acceptors (Lipinski definition) is 6. The summed E-state index contributed by atoms with van der Waals surface area (Å²) in [6, 6.07) is 20.1. The van der Waals surface area contributed by atoms with Crippen molar-refractivity contribution in [1.29, 1.82) is 0 Å². The zero-order valence-electron chi connectivity index (χ0n) is 23.8. The number of carbonyl (C=O) groups is 2. The minimum atomic E-state index is -1.03. The van der Waals surface area contributed by atoms with Crippen molar-refractivity contribution in [3.63, 3.8) is 0 Å². The number of carbonyl (C=O) groups excluding carboxylic acids is 2. The Bertz CT molecular complexity index is 1600. The lowest BCUT2D eigenvalue weighted by molar-refractivity contribution is -0.147. The van der Waals surface area contributed by atoms with Crippen molar-refractivity contribution in [2.45, 2.75) is 39.0 Å². The first-order valence-corrected chi connectivity index (χ1v) is 13.9. The van der Waals surface area contributed by atoms with Gasteiger partial charge < -0.3 is 24.9 Å². The zero-order valence-corrected chi connectivity index (χ0v) is 23.8. The first-order chi connectivity index (χ1) is 20.4. The predicted octanol–water partition coefficient (Wildman–Crippen LogP) is 6.94. The third kappa shape index (κ3) is 7.65. The van der Waals surface area contributed by atoms with Crippen LogP contribution in [-0.4, -0.2) is 18.5 Å². The summed E-state index contributed by atoms with van der Waals surface area (Å²) in [5.74, 6) is -0.395. The molecule has 1 atom stereocenters. The van der Waals surface area contributed by atoms with Crippen molar-refractivity contribution in [1.82, 2.24) is 5.32 Å².